The molecule has 3 aliphatic carbocycles. The van der Waals surface area contributed by atoms with E-state index >= 15 is 0 Å². The van der Waals surface area contributed by atoms with Crippen molar-refractivity contribution in [2.24, 2.45) is 17.3 Å². The van der Waals surface area contributed by atoms with Crippen LogP contribution in [0.15, 0.2) is 60.2 Å². The first kappa shape index (κ1) is 23.9. The third kappa shape index (κ3) is 3.81. The summed E-state index contributed by atoms with van der Waals surface area (Å²) in [5.74, 6) is -2.35. The van der Waals surface area contributed by atoms with E-state index in [0.717, 1.165) is 33.4 Å². The first-order valence-electron chi connectivity index (χ1n) is 12.4. The highest BCUT2D eigenvalue weighted by Gasteiger charge is 2.51. The fraction of sp³-hybridized carbons (Fsp3) is 0.333. The second-order valence-corrected chi connectivity index (χ2v) is 10.7. The van der Waals surface area contributed by atoms with Crippen LogP contribution in [0.2, 0.25) is 0 Å². The average molecular weight is 483 g/mol. The Balaban J connectivity index is 1.74. The zero-order chi connectivity index (χ0) is 25.8. The van der Waals surface area contributed by atoms with Gasteiger partial charge in [-0.3, -0.25) is 19.2 Å². The summed E-state index contributed by atoms with van der Waals surface area (Å²) in [5.41, 5.74) is 5.76. The van der Waals surface area contributed by atoms with E-state index in [1.165, 1.54) is 6.92 Å². The van der Waals surface area contributed by atoms with Gasteiger partial charge in [0.1, 0.15) is 0 Å². The van der Waals surface area contributed by atoms with Crippen molar-refractivity contribution < 1.29 is 19.2 Å². The maximum absolute atomic E-state index is 13.5. The van der Waals surface area contributed by atoms with Gasteiger partial charge in [0, 0.05) is 25.5 Å². The van der Waals surface area contributed by atoms with E-state index in [1.807, 2.05) is 54.6 Å². The molecular formula is C30H30N2O4. The van der Waals surface area contributed by atoms with Crippen LogP contribution in [0.25, 0.3) is 11.1 Å². The zero-order valence-electron chi connectivity index (χ0n) is 21.1. The topological polar surface area (TPSA) is 83.6 Å². The lowest BCUT2D eigenvalue weighted by Crippen LogP contribution is -2.45. The lowest BCUT2D eigenvalue weighted by Gasteiger charge is -2.44. The van der Waals surface area contributed by atoms with Crippen LogP contribution in [-0.2, 0) is 25.7 Å². The van der Waals surface area contributed by atoms with Gasteiger partial charge in [-0.25, -0.2) is 0 Å². The molecule has 2 amide bonds. The van der Waals surface area contributed by atoms with Gasteiger partial charge in [-0.15, -0.1) is 0 Å². The molecule has 1 aliphatic heterocycles. The molecule has 0 aromatic heterocycles. The van der Waals surface area contributed by atoms with Gasteiger partial charge >= 0.3 is 0 Å². The smallest absolute Gasteiger partial charge is 0.229 e. The molecule has 2 atom stereocenters. The van der Waals surface area contributed by atoms with E-state index in [1.54, 1.807) is 4.90 Å². The third-order valence-electron chi connectivity index (χ3n) is 7.34. The van der Waals surface area contributed by atoms with Crippen LogP contribution < -0.4 is 10.2 Å². The van der Waals surface area contributed by atoms with E-state index in [9.17, 15) is 19.2 Å². The fourth-order valence-corrected chi connectivity index (χ4v) is 5.72. The van der Waals surface area contributed by atoms with Crippen molar-refractivity contribution in [2.75, 3.05) is 11.4 Å². The van der Waals surface area contributed by atoms with Gasteiger partial charge in [0.05, 0.1) is 24.1 Å². The third-order valence-corrected chi connectivity index (χ3v) is 7.34. The Morgan fingerprint density at radius 3 is 2.31 bits per heavy atom. The number of hydrogen-bond acceptors (Lipinski definition) is 4. The van der Waals surface area contributed by atoms with Crippen molar-refractivity contribution in [1.29, 1.82) is 0 Å². The van der Waals surface area contributed by atoms with Gasteiger partial charge in [-0.05, 0) is 33.8 Å². The number of rotatable bonds is 3. The largest absolute Gasteiger partial charge is 0.356 e. The monoisotopic (exact) mass is 482 g/mol. The molecule has 1 N–H and O–H groups in total. The second kappa shape index (κ2) is 8.70. The number of nitrogens with zero attached hydrogens (tertiary/aromatic N) is 1. The number of amides is 2. The minimum Gasteiger partial charge on any atom is -0.356 e. The molecular weight excluding hydrogens is 452 g/mol. The molecule has 184 valence electrons. The highest BCUT2D eigenvalue weighted by molar-refractivity contribution is 6.48. The van der Waals surface area contributed by atoms with Crippen LogP contribution in [0.1, 0.15) is 50.8 Å². The summed E-state index contributed by atoms with van der Waals surface area (Å²) >= 11 is 0. The van der Waals surface area contributed by atoms with E-state index in [-0.39, 0.29) is 41.8 Å². The van der Waals surface area contributed by atoms with Crippen molar-refractivity contribution >= 4 is 40.2 Å². The molecule has 0 saturated heterocycles. The Labute approximate surface area is 211 Å². The molecule has 2 unspecified atom stereocenters. The normalized spacial score (nSPS) is 20.7. The van der Waals surface area contributed by atoms with Crippen molar-refractivity contribution in [1.82, 2.24) is 5.32 Å². The number of hydrogen-bond donors (Lipinski definition) is 1. The Morgan fingerprint density at radius 2 is 1.61 bits per heavy atom. The summed E-state index contributed by atoms with van der Waals surface area (Å²) in [6, 6.07) is 15.5. The number of carbonyl (C=O) groups is 4. The lowest BCUT2D eigenvalue weighted by molar-refractivity contribution is -0.139. The Bertz CT molecular complexity index is 1380. The van der Waals surface area contributed by atoms with Gasteiger partial charge in [0.25, 0.3) is 0 Å². The molecule has 4 aliphatic rings. The summed E-state index contributed by atoms with van der Waals surface area (Å²) in [5, 5.41) is 2.70. The number of fused-ring (bicyclic) bond motifs is 3. The van der Waals surface area contributed by atoms with Crippen LogP contribution in [-0.4, -0.2) is 29.9 Å². The van der Waals surface area contributed by atoms with Gasteiger partial charge in [-0.2, -0.15) is 0 Å². The summed E-state index contributed by atoms with van der Waals surface area (Å²) in [4.78, 5) is 53.3. The average Bonchev–Trinajstić information content (AvgIpc) is 2.83. The predicted octanol–water partition coefficient (Wildman–Crippen LogP) is 4.34. The maximum atomic E-state index is 13.5. The lowest BCUT2D eigenvalue weighted by atomic mass is 9.58. The Morgan fingerprint density at radius 1 is 0.944 bits per heavy atom. The second-order valence-electron chi connectivity index (χ2n) is 10.7. The summed E-state index contributed by atoms with van der Waals surface area (Å²) in [6.07, 6.45) is 2.14. The number of para-hydroxylation sites is 1. The fourth-order valence-electron chi connectivity index (χ4n) is 5.72. The number of allylic oxidation sites excluding steroid dienone is 4. The van der Waals surface area contributed by atoms with Crippen LogP contribution in [0, 0.1) is 17.3 Å². The van der Waals surface area contributed by atoms with Crippen LogP contribution in [0.5, 0.6) is 0 Å². The summed E-state index contributed by atoms with van der Waals surface area (Å²) in [7, 11) is 0. The molecule has 6 rings (SSSR count). The molecule has 1 heterocycles. The molecule has 6 nitrogen and oxygen atoms in total. The van der Waals surface area contributed by atoms with E-state index in [4.69, 9.17) is 0 Å². The molecule has 0 radical (unpaired) electrons. The van der Waals surface area contributed by atoms with Gasteiger partial charge in [-0.1, -0.05) is 74.9 Å². The predicted molar refractivity (Wildman–Crippen MR) is 139 cm³/mol. The maximum Gasteiger partial charge on any atom is 0.229 e. The van der Waals surface area contributed by atoms with Crippen LogP contribution >= 0.6 is 0 Å². The minimum atomic E-state index is -0.685. The van der Waals surface area contributed by atoms with E-state index < -0.39 is 11.8 Å². The van der Waals surface area contributed by atoms with Crippen molar-refractivity contribution in [3.05, 3.63) is 76.9 Å². The highest BCUT2D eigenvalue weighted by Crippen LogP contribution is 2.55. The Kier molecular flexibility index (Phi) is 5.78. The molecule has 0 fully saturated rings. The molecule has 2 aromatic carbocycles. The number of nitrogens with one attached hydrogen (secondary N) is 1. The molecule has 0 spiro atoms. The van der Waals surface area contributed by atoms with Gasteiger partial charge in [0.2, 0.25) is 23.4 Å². The number of benzene rings is 2. The summed E-state index contributed by atoms with van der Waals surface area (Å²) in [6.45, 7) is 8.24. The number of ketones is 2. The summed E-state index contributed by atoms with van der Waals surface area (Å²) < 4.78 is 0. The standard InChI is InChI=1S/C30H30N2O4/c1-17(33)31-14-13-24(34)32-16-18-9-5-6-10-19(18)26-25(20-11-7-8-12-23(20)32)21-15-22(30(2,3)4)27(26)29(36)28(21)35/h5-12,15,21,27H,13-14,16H2,1-4H3,(H,31,33). The van der Waals surface area contributed by atoms with Crippen molar-refractivity contribution in [3.8, 4) is 0 Å². The number of Topliss-reactive ketones (excluding diaryl/α,β-unsaturated/α-hetero) is 2. The molecule has 36 heavy (non-hydrogen) atoms. The van der Waals surface area contributed by atoms with E-state index in [0.29, 0.717) is 12.2 Å². The quantitative estimate of drug-likeness (QED) is 0.521. The SMILES string of the molecule is CC(=O)NCCC(=O)N1Cc2ccccc2C2=C(c3ccccc31)C1C=C(C(C)(C)C)C2C(=O)C1=O. The molecule has 2 bridgehead atoms. The van der Waals surface area contributed by atoms with Gasteiger partial charge in [0.15, 0.2) is 0 Å². The molecule has 2 aromatic rings. The first-order chi connectivity index (χ1) is 17.1. The highest BCUT2D eigenvalue weighted by atomic mass is 16.2. The first-order valence-corrected chi connectivity index (χ1v) is 12.4. The van der Waals surface area contributed by atoms with Crippen molar-refractivity contribution in [3.63, 3.8) is 0 Å². The minimum absolute atomic E-state index is 0.121. The number of carbonyl (C=O) groups excluding carboxylic acids is 4. The van der Waals surface area contributed by atoms with E-state index in [2.05, 4.69) is 26.1 Å². The zero-order valence-corrected chi connectivity index (χ0v) is 21.1. The molecule has 0 saturated carbocycles. The van der Waals surface area contributed by atoms with Crippen LogP contribution in [0.4, 0.5) is 5.69 Å². The Hall–Kier alpha value is -3.80. The van der Waals surface area contributed by atoms with Crippen molar-refractivity contribution in [2.45, 2.75) is 40.7 Å². The van der Waals surface area contributed by atoms with Crippen LogP contribution in [0.3, 0.4) is 0 Å². The van der Waals surface area contributed by atoms with Gasteiger partial charge < -0.3 is 10.2 Å². The number of anilines is 1. The molecule has 6 heteroatoms.